The number of piperazine rings is 1. The van der Waals surface area contributed by atoms with Gasteiger partial charge < -0.3 is 10.2 Å². The zero-order valence-electron chi connectivity index (χ0n) is 19.5. The van der Waals surface area contributed by atoms with E-state index >= 15 is 0 Å². The molecule has 3 atom stereocenters. The first kappa shape index (κ1) is 25.9. The molecule has 2 heterocycles. The Hall–Kier alpha value is -2.72. The van der Waals surface area contributed by atoms with E-state index in [0.717, 1.165) is 12.3 Å². The molecule has 1 saturated heterocycles. The summed E-state index contributed by atoms with van der Waals surface area (Å²) in [6.07, 6.45) is -4.93. The summed E-state index contributed by atoms with van der Waals surface area (Å²) in [5.74, 6) is -0.475. The molecule has 1 amide bonds. The van der Waals surface area contributed by atoms with Crippen molar-refractivity contribution in [1.29, 1.82) is 0 Å². The Morgan fingerprint density at radius 1 is 1.18 bits per heavy atom. The average molecular weight is 484 g/mol. The van der Waals surface area contributed by atoms with Crippen molar-refractivity contribution in [1.82, 2.24) is 14.8 Å². The normalized spacial score (nSPS) is 23.1. The maximum absolute atomic E-state index is 13.7. The largest absolute Gasteiger partial charge is 0.465 e. The number of halogens is 4. The zero-order valence-corrected chi connectivity index (χ0v) is 19.5. The molecular formula is C24H29F4N3O3. The lowest BCUT2D eigenvalue weighted by Gasteiger charge is -2.58. The third-order valence-electron chi connectivity index (χ3n) is 6.92. The minimum atomic E-state index is -4.55. The van der Waals surface area contributed by atoms with Gasteiger partial charge in [-0.3, -0.25) is 14.8 Å². The number of pyridine rings is 1. The van der Waals surface area contributed by atoms with E-state index in [4.69, 9.17) is 0 Å². The van der Waals surface area contributed by atoms with Crippen molar-refractivity contribution in [3.63, 3.8) is 0 Å². The molecule has 1 unspecified atom stereocenters. The number of alkyl halides is 3. The molecule has 1 aromatic carbocycles. The van der Waals surface area contributed by atoms with Crippen LogP contribution >= 0.6 is 0 Å². The second-order valence-corrected chi connectivity index (χ2v) is 9.85. The van der Waals surface area contributed by atoms with Crippen molar-refractivity contribution in [2.75, 3.05) is 19.7 Å². The van der Waals surface area contributed by atoms with Gasteiger partial charge in [0.1, 0.15) is 5.82 Å². The number of hydrogen-bond acceptors (Lipinski definition) is 4. The van der Waals surface area contributed by atoms with Crippen molar-refractivity contribution >= 4 is 6.09 Å². The summed E-state index contributed by atoms with van der Waals surface area (Å²) in [6.45, 7) is 7.29. The molecule has 1 fully saturated rings. The van der Waals surface area contributed by atoms with Gasteiger partial charge in [0.05, 0.1) is 35.5 Å². The van der Waals surface area contributed by atoms with Gasteiger partial charge in [-0.05, 0) is 42.2 Å². The molecule has 0 radical (unpaired) electrons. The van der Waals surface area contributed by atoms with Crippen LogP contribution in [0.25, 0.3) is 0 Å². The fourth-order valence-electron chi connectivity index (χ4n) is 4.39. The summed E-state index contributed by atoms with van der Waals surface area (Å²) in [6, 6.07) is 6.33. The van der Waals surface area contributed by atoms with Crippen molar-refractivity contribution in [3.8, 4) is 0 Å². The van der Waals surface area contributed by atoms with Crippen molar-refractivity contribution < 1.29 is 32.6 Å². The van der Waals surface area contributed by atoms with E-state index in [2.05, 4.69) is 4.98 Å². The summed E-state index contributed by atoms with van der Waals surface area (Å²) in [5, 5.41) is 20.1. The summed E-state index contributed by atoms with van der Waals surface area (Å²) >= 11 is 0. The predicted octanol–water partition coefficient (Wildman–Crippen LogP) is 4.79. The van der Waals surface area contributed by atoms with Crippen LogP contribution in [-0.2, 0) is 6.18 Å². The van der Waals surface area contributed by atoms with E-state index in [1.165, 1.54) is 35.2 Å². The van der Waals surface area contributed by atoms with Crippen LogP contribution in [0.1, 0.15) is 50.6 Å². The fraction of sp³-hybridized carbons (Fsp3) is 0.500. The number of aliphatic hydroxyl groups is 1. The lowest BCUT2D eigenvalue weighted by Crippen LogP contribution is -2.71. The Bertz CT molecular complexity index is 1010. The molecule has 6 nitrogen and oxygen atoms in total. The van der Waals surface area contributed by atoms with Gasteiger partial charge in [0, 0.05) is 19.3 Å². The molecule has 2 aromatic rings. The average Bonchev–Trinajstić information content (AvgIpc) is 2.74. The number of aliphatic hydroxyl groups excluding tert-OH is 1. The number of nitrogens with zero attached hydrogens (tertiary/aromatic N) is 3. The Morgan fingerprint density at radius 2 is 1.79 bits per heavy atom. The van der Waals surface area contributed by atoms with Gasteiger partial charge in [-0.2, -0.15) is 13.2 Å². The van der Waals surface area contributed by atoms with E-state index in [1.807, 2.05) is 32.6 Å². The summed E-state index contributed by atoms with van der Waals surface area (Å²) < 4.78 is 53.0. The first-order valence-corrected chi connectivity index (χ1v) is 10.8. The first-order chi connectivity index (χ1) is 15.7. The smallest absolute Gasteiger partial charge is 0.417 e. The number of benzene rings is 1. The Labute approximate surface area is 195 Å². The first-order valence-electron chi connectivity index (χ1n) is 10.8. The van der Waals surface area contributed by atoms with Crippen LogP contribution in [0.3, 0.4) is 0 Å². The van der Waals surface area contributed by atoms with E-state index < -0.39 is 46.7 Å². The molecule has 3 rings (SSSR count). The molecule has 1 aliphatic rings. The van der Waals surface area contributed by atoms with Crippen LogP contribution in [-0.4, -0.2) is 62.4 Å². The second-order valence-electron chi connectivity index (χ2n) is 9.85. The third-order valence-corrected chi connectivity index (χ3v) is 6.92. The molecule has 0 spiro atoms. The van der Waals surface area contributed by atoms with Gasteiger partial charge in [0.25, 0.3) is 0 Å². The van der Waals surface area contributed by atoms with Gasteiger partial charge in [-0.15, -0.1) is 0 Å². The van der Waals surface area contributed by atoms with Crippen LogP contribution in [0.15, 0.2) is 42.6 Å². The van der Waals surface area contributed by atoms with Crippen LogP contribution in [0.4, 0.5) is 22.4 Å². The third kappa shape index (κ3) is 4.88. The van der Waals surface area contributed by atoms with Crippen LogP contribution in [0, 0.1) is 11.2 Å². The van der Waals surface area contributed by atoms with Gasteiger partial charge in [-0.1, -0.05) is 32.9 Å². The minimum Gasteiger partial charge on any atom is -0.465 e. The number of hydrogen-bond donors (Lipinski definition) is 2. The summed E-state index contributed by atoms with van der Waals surface area (Å²) in [5.41, 5.74) is -1.49. The standard InChI is InChI=1S/C24H29F4N3O3/c1-22(2,3)23(4)14-30(18(13-32)12-31(23)21(33)34)20(15-5-8-17(25)9-6-15)19-10-7-16(11-29-19)24(26,27)28/h5-11,18,20,32H,12-14H2,1-4H3,(H,33,34)/t18-,20?,23+/m0/s1. The molecule has 1 aromatic heterocycles. The monoisotopic (exact) mass is 483 g/mol. The van der Waals surface area contributed by atoms with Crippen molar-refractivity contribution in [2.45, 2.75) is 51.5 Å². The number of aromatic nitrogens is 1. The maximum atomic E-state index is 13.7. The maximum Gasteiger partial charge on any atom is 0.417 e. The number of amides is 1. The van der Waals surface area contributed by atoms with Gasteiger partial charge in [-0.25, -0.2) is 9.18 Å². The minimum absolute atomic E-state index is 0.0159. The summed E-state index contributed by atoms with van der Waals surface area (Å²) in [7, 11) is 0. The highest BCUT2D eigenvalue weighted by atomic mass is 19.4. The molecule has 0 saturated carbocycles. The van der Waals surface area contributed by atoms with Gasteiger partial charge >= 0.3 is 12.3 Å². The van der Waals surface area contributed by atoms with E-state index in [-0.39, 0.29) is 25.4 Å². The second kappa shape index (κ2) is 9.14. The van der Waals surface area contributed by atoms with Crippen LogP contribution in [0.2, 0.25) is 0 Å². The number of carboxylic acid groups (broad SMARTS) is 1. The summed E-state index contributed by atoms with van der Waals surface area (Å²) in [4.78, 5) is 19.4. The molecule has 186 valence electrons. The van der Waals surface area contributed by atoms with E-state index in [0.29, 0.717) is 5.56 Å². The molecule has 10 heteroatoms. The molecule has 0 bridgehead atoms. The van der Waals surface area contributed by atoms with Crippen LogP contribution < -0.4 is 0 Å². The van der Waals surface area contributed by atoms with Gasteiger partial charge in [0.15, 0.2) is 0 Å². The highest BCUT2D eigenvalue weighted by Crippen LogP contribution is 2.43. The highest BCUT2D eigenvalue weighted by molar-refractivity contribution is 5.67. The Kier molecular flexibility index (Phi) is 6.96. The van der Waals surface area contributed by atoms with E-state index in [9.17, 15) is 32.6 Å². The van der Waals surface area contributed by atoms with E-state index in [1.54, 1.807) is 0 Å². The number of carbonyl (C=O) groups is 1. The van der Waals surface area contributed by atoms with Crippen molar-refractivity contribution in [2.24, 2.45) is 5.41 Å². The molecule has 0 aliphatic carbocycles. The SMILES string of the molecule is CC(C)(C)[C@@]1(C)CN(C(c2ccc(F)cc2)c2ccc(C(F)(F)F)cn2)[C@H](CO)CN1C(=O)O. The molecule has 34 heavy (non-hydrogen) atoms. The topological polar surface area (TPSA) is 76.9 Å². The molecule has 1 aliphatic heterocycles. The zero-order chi connectivity index (χ0) is 25.5. The molecular weight excluding hydrogens is 454 g/mol. The Morgan fingerprint density at radius 3 is 2.24 bits per heavy atom. The quantitative estimate of drug-likeness (QED) is 0.612. The van der Waals surface area contributed by atoms with Crippen molar-refractivity contribution in [3.05, 3.63) is 65.2 Å². The molecule has 2 N–H and O–H groups in total. The fourth-order valence-corrected chi connectivity index (χ4v) is 4.39. The highest BCUT2D eigenvalue weighted by Gasteiger charge is 2.52. The van der Waals surface area contributed by atoms with Gasteiger partial charge in [0.2, 0.25) is 0 Å². The van der Waals surface area contributed by atoms with Crippen LogP contribution in [0.5, 0.6) is 0 Å². The predicted molar refractivity (Wildman–Crippen MR) is 118 cm³/mol. The Balaban J connectivity index is 2.15. The lowest BCUT2D eigenvalue weighted by molar-refractivity contribution is -0.137. The lowest BCUT2D eigenvalue weighted by atomic mass is 9.71. The number of rotatable bonds is 4.